The molecule has 0 aliphatic carbocycles. The Balaban J connectivity index is 2.26. The van der Waals surface area contributed by atoms with Gasteiger partial charge in [0, 0.05) is 31.2 Å². The van der Waals surface area contributed by atoms with Crippen LogP contribution in [0.1, 0.15) is 19.4 Å². The Morgan fingerprint density at radius 2 is 2.20 bits per heavy atom. The molecular weight excluding hydrogens is 341 g/mol. The zero-order chi connectivity index (χ0) is 14.9. The number of likely N-dealkylation sites (N-methyl/N-ethyl adjacent to an activating group) is 1. The van der Waals surface area contributed by atoms with E-state index in [1.165, 1.54) is 0 Å². The normalized spacial score (nSPS) is 20.2. The lowest BCUT2D eigenvalue weighted by atomic mass is 10.1. The third-order valence-corrected chi connectivity index (χ3v) is 4.83. The minimum atomic E-state index is -0.285. The Morgan fingerprint density at radius 3 is 2.75 bits per heavy atom. The van der Waals surface area contributed by atoms with Crippen LogP contribution in [0.5, 0.6) is 0 Å². The van der Waals surface area contributed by atoms with Gasteiger partial charge in [0.15, 0.2) is 5.82 Å². The zero-order valence-corrected chi connectivity index (χ0v) is 14.1. The van der Waals surface area contributed by atoms with E-state index in [0.29, 0.717) is 21.8 Å². The summed E-state index contributed by atoms with van der Waals surface area (Å²) in [6.07, 6.45) is 0. The molecule has 1 aliphatic rings. The van der Waals surface area contributed by atoms with Crippen molar-refractivity contribution >= 4 is 38.8 Å². The van der Waals surface area contributed by atoms with Crippen LogP contribution in [0.4, 0.5) is 10.1 Å². The smallest absolute Gasteiger partial charge is 0.161 e. The lowest BCUT2D eigenvalue weighted by molar-refractivity contribution is 0.199. The average Bonchev–Trinajstić information content (AvgIpc) is 2.41. The highest BCUT2D eigenvalue weighted by molar-refractivity contribution is 9.10. The van der Waals surface area contributed by atoms with Crippen LogP contribution in [0.25, 0.3) is 0 Å². The number of halogens is 2. The zero-order valence-electron chi connectivity index (χ0n) is 11.7. The highest BCUT2D eigenvalue weighted by Gasteiger charge is 2.25. The summed E-state index contributed by atoms with van der Waals surface area (Å²) in [5.74, 6) is -0.285. The molecule has 0 bridgehead atoms. The molecule has 1 aliphatic heterocycles. The molecule has 2 rings (SSSR count). The third kappa shape index (κ3) is 2.97. The van der Waals surface area contributed by atoms with Crippen molar-refractivity contribution in [1.29, 1.82) is 0 Å². The molecule has 0 aromatic heterocycles. The van der Waals surface area contributed by atoms with Gasteiger partial charge in [-0.2, -0.15) is 0 Å². The van der Waals surface area contributed by atoms with Crippen molar-refractivity contribution in [3.8, 4) is 0 Å². The predicted molar refractivity (Wildman–Crippen MR) is 88.9 cm³/mol. The van der Waals surface area contributed by atoms with Gasteiger partial charge < -0.3 is 10.6 Å². The molecule has 0 radical (unpaired) electrons. The number of hydrogen-bond donors (Lipinski definition) is 1. The molecule has 1 unspecified atom stereocenters. The van der Waals surface area contributed by atoms with Crippen molar-refractivity contribution < 1.29 is 4.39 Å². The van der Waals surface area contributed by atoms with Crippen molar-refractivity contribution in [2.75, 3.05) is 31.1 Å². The Bertz CT molecular complexity index is 523. The standard InChI is InChI=1S/C14H19BrFN3S/c1-3-18-6-7-19(8-9(18)2)11-5-4-10(14(17)20)12(15)13(11)16/h4-5,9H,3,6-8H2,1-2H3,(H2,17,20). The summed E-state index contributed by atoms with van der Waals surface area (Å²) in [4.78, 5) is 4.68. The highest BCUT2D eigenvalue weighted by Crippen LogP contribution is 2.30. The Hall–Kier alpha value is -0.720. The lowest BCUT2D eigenvalue weighted by Gasteiger charge is -2.40. The number of piperazine rings is 1. The summed E-state index contributed by atoms with van der Waals surface area (Å²) < 4.78 is 14.9. The van der Waals surface area contributed by atoms with Gasteiger partial charge in [-0.1, -0.05) is 19.1 Å². The number of hydrogen-bond acceptors (Lipinski definition) is 3. The van der Waals surface area contributed by atoms with Gasteiger partial charge in [-0.3, -0.25) is 4.90 Å². The van der Waals surface area contributed by atoms with E-state index < -0.39 is 0 Å². The summed E-state index contributed by atoms with van der Waals surface area (Å²) in [6, 6.07) is 3.96. The van der Waals surface area contributed by atoms with E-state index in [9.17, 15) is 4.39 Å². The van der Waals surface area contributed by atoms with Gasteiger partial charge in [0.2, 0.25) is 0 Å². The topological polar surface area (TPSA) is 32.5 Å². The second-order valence-corrected chi connectivity index (χ2v) is 6.28. The summed E-state index contributed by atoms with van der Waals surface area (Å²) in [6.45, 7) is 7.96. The third-order valence-electron chi connectivity index (χ3n) is 3.84. The average molecular weight is 360 g/mol. The van der Waals surface area contributed by atoms with Crippen LogP contribution in [0, 0.1) is 5.82 Å². The van der Waals surface area contributed by atoms with Crippen molar-refractivity contribution in [1.82, 2.24) is 4.90 Å². The van der Waals surface area contributed by atoms with Gasteiger partial charge in [0.1, 0.15) is 4.99 Å². The van der Waals surface area contributed by atoms with E-state index in [1.807, 2.05) is 0 Å². The molecule has 0 spiro atoms. The molecular formula is C14H19BrFN3S. The molecule has 20 heavy (non-hydrogen) atoms. The molecule has 1 fully saturated rings. The van der Waals surface area contributed by atoms with E-state index in [-0.39, 0.29) is 10.8 Å². The van der Waals surface area contributed by atoms with Crippen molar-refractivity contribution in [3.63, 3.8) is 0 Å². The van der Waals surface area contributed by atoms with Crippen molar-refractivity contribution in [3.05, 3.63) is 28.0 Å². The van der Waals surface area contributed by atoms with Gasteiger partial charge in [-0.15, -0.1) is 0 Å². The van der Waals surface area contributed by atoms with Gasteiger partial charge >= 0.3 is 0 Å². The van der Waals surface area contributed by atoms with Gasteiger partial charge in [0.25, 0.3) is 0 Å². The summed E-state index contributed by atoms with van der Waals surface area (Å²) in [7, 11) is 0. The van der Waals surface area contributed by atoms with Crippen molar-refractivity contribution in [2.45, 2.75) is 19.9 Å². The fourth-order valence-corrected chi connectivity index (χ4v) is 3.51. The van der Waals surface area contributed by atoms with Crippen LogP contribution in [-0.2, 0) is 0 Å². The number of benzene rings is 1. The number of rotatable bonds is 3. The highest BCUT2D eigenvalue weighted by atomic mass is 79.9. The largest absolute Gasteiger partial charge is 0.389 e. The predicted octanol–water partition coefficient (Wildman–Crippen LogP) is 2.75. The first kappa shape index (κ1) is 15.7. The van der Waals surface area contributed by atoms with Gasteiger partial charge in [-0.05, 0) is 41.5 Å². The molecule has 1 saturated heterocycles. The van der Waals surface area contributed by atoms with E-state index in [1.54, 1.807) is 12.1 Å². The number of nitrogens with two attached hydrogens (primary N) is 1. The number of anilines is 1. The minimum absolute atomic E-state index is 0.200. The summed E-state index contributed by atoms with van der Waals surface area (Å²) >= 11 is 8.18. The van der Waals surface area contributed by atoms with Gasteiger partial charge in [0.05, 0.1) is 10.2 Å². The van der Waals surface area contributed by atoms with E-state index in [4.69, 9.17) is 18.0 Å². The molecule has 3 nitrogen and oxygen atoms in total. The van der Waals surface area contributed by atoms with Crippen molar-refractivity contribution in [2.24, 2.45) is 5.73 Å². The Morgan fingerprint density at radius 1 is 1.50 bits per heavy atom. The maximum Gasteiger partial charge on any atom is 0.161 e. The first-order valence-corrected chi connectivity index (χ1v) is 7.92. The molecule has 6 heteroatoms. The first-order valence-electron chi connectivity index (χ1n) is 6.72. The van der Waals surface area contributed by atoms with Crippen LogP contribution in [0.2, 0.25) is 0 Å². The monoisotopic (exact) mass is 359 g/mol. The SMILES string of the molecule is CCN1CCN(c2ccc(C(N)=S)c(Br)c2F)CC1C. The molecule has 1 aromatic carbocycles. The molecule has 1 heterocycles. The Kier molecular flexibility index (Phi) is 4.99. The first-order chi connectivity index (χ1) is 9.45. The second-order valence-electron chi connectivity index (χ2n) is 5.05. The summed E-state index contributed by atoms with van der Waals surface area (Å²) in [5.41, 5.74) is 6.74. The van der Waals surface area contributed by atoms with Crippen LogP contribution < -0.4 is 10.6 Å². The molecule has 110 valence electrons. The second kappa shape index (κ2) is 6.37. The van der Waals surface area contributed by atoms with E-state index >= 15 is 0 Å². The van der Waals surface area contributed by atoms with Crippen LogP contribution >= 0.6 is 28.1 Å². The molecule has 2 N–H and O–H groups in total. The Labute approximate surface area is 133 Å². The van der Waals surface area contributed by atoms with Crippen LogP contribution in [0.15, 0.2) is 16.6 Å². The maximum absolute atomic E-state index is 14.5. The number of thiocarbonyl (C=S) groups is 1. The number of nitrogens with zero attached hydrogens (tertiary/aromatic N) is 2. The lowest BCUT2D eigenvalue weighted by Crippen LogP contribution is -2.52. The fraction of sp³-hybridized carbons (Fsp3) is 0.500. The van der Waals surface area contributed by atoms with Gasteiger partial charge in [-0.25, -0.2) is 4.39 Å². The maximum atomic E-state index is 14.5. The van der Waals surface area contributed by atoms with Crippen LogP contribution in [-0.4, -0.2) is 42.1 Å². The molecule has 1 aromatic rings. The van der Waals surface area contributed by atoms with Crippen LogP contribution in [0.3, 0.4) is 0 Å². The molecule has 0 saturated carbocycles. The summed E-state index contributed by atoms with van der Waals surface area (Å²) in [5, 5.41) is 0. The molecule has 1 atom stereocenters. The quantitative estimate of drug-likeness (QED) is 0.841. The molecule has 0 amide bonds. The minimum Gasteiger partial charge on any atom is -0.389 e. The van der Waals surface area contributed by atoms with E-state index in [2.05, 4.69) is 39.6 Å². The fourth-order valence-electron chi connectivity index (χ4n) is 2.66. The van der Waals surface area contributed by atoms with E-state index in [0.717, 1.165) is 26.2 Å².